The van der Waals surface area contributed by atoms with Gasteiger partial charge in [0.15, 0.2) is 0 Å². The number of aromatic nitrogens is 2. The number of nitrogens with zero attached hydrogens (tertiary/aromatic N) is 4. The van der Waals surface area contributed by atoms with Gasteiger partial charge in [0, 0.05) is 12.6 Å². The molecule has 1 atom stereocenters. The summed E-state index contributed by atoms with van der Waals surface area (Å²) in [6, 6.07) is 7.26. The Bertz CT molecular complexity index is 713. The molecule has 1 aromatic heterocycles. The van der Waals surface area contributed by atoms with Crippen LogP contribution in [0.2, 0.25) is 0 Å². The lowest BCUT2D eigenvalue weighted by Crippen LogP contribution is -2.32. The molecule has 0 radical (unpaired) electrons. The molecule has 0 aliphatic heterocycles. The van der Waals surface area contributed by atoms with E-state index in [2.05, 4.69) is 5.10 Å². The van der Waals surface area contributed by atoms with Gasteiger partial charge in [0.1, 0.15) is 24.7 Å². The van der Waals surface area contributed by atoms with E-state index in [0.717, 1.165) is 11.8 Å². The molecule has 0 aliphatic carbocycles. The monoisotopic (exact) mass is 318 g/mol. The number of carbonyl (C=O) groups is 1. The molecule has 0 saturated carbocycles. The Morgan fingerprint density at radius 3 is 2.78 bits per heavy atom. The molecule has 1 aromatic carbocycles. The summed E-state index contributed by atoms with van der Waals surface area (Å²) >= 11 is 0. The summed E-state index contributed by atoms with van der Waals surface area (Å²) in [6.07, 6.45) is 2.36. The van der Waals surface area contributed by atoms with Crippen LogP contribution in [0, 0.1) is 10.1 Å². The van der Waals surface area contributed by atoms with E-state index in [1.54, 1.807) is 19.1 Å². The Kier molecular flexibility index (Phi) is 4.95. The summed E-state index contributed by atoms with van der Waals surface area (Å²) in [5.41, 5.74) is 0.746. The van der Waals surface area contributed by atoms with Crippen LogP contribution in [0.25, 0.3) is 0 Å². The molecule has 0 spiro atoms. The highest BCUT2D eigenvalue weighted by molar-refractivity contribution is 5.76. The summed E-state index contributed by atoms with van der Waals surface area (Å²) in [4.78, 5) is 24.0. The first kappa shape index (κ1) is 16.5. The molecular weight excluding hydrogens is 300 g/mol. The predicted molar refractivity (Wildman–Crippen MR) is 83.1 cm³/mol. The second kappa shape index (κ2) is 6.91. The molecule has 1 amide bonds. The quantitative estimate of drug-likeness (QED) is 0.600. The van der Waals surface area contributed by atoms with Gasteiger partial charge in [-0.25, -0.2) is 0 Å². The van der Waals surface area contributed by atoms with Gasteiger partial charge in [0.2, 0.25) is 5.91 Å². The number of likely N-dealkylation sites (N-methyl/N-ethyl adjacent to an activating group) is 1. The van der Waals surface area contributed by atoms with Gasteiger partial charge in [-0.3, -0.25) is 19.6 Å². The lowest BCUT2D eigenvalue weighted by molar-refractivity contribution is -0.385. The smallest absolute Gasteiger partial charge is 0.307 e. The SMILES string of the molecule is COc1ccccc1[C@@H](C)N(C)C(=O)Cn1cc([N+](=O)[O-])cn1. The lowest BCUT2D eigenvalue weighted by atomic mass is 10.1. The number of hydrogen-bond donors (Lipinski definition) is 0. The molecule has 0 N–H and O–H groups in total. The van der Waals surface area contributed by atoms with Crippen molar-refractivity contribution in [2.24, 2.45) is 0 Å². The molecule has 0 unspecified atom stereocenters. The molecule has 8 heteroatoms. The number of nitro groups is 1. The van der Waals surface area contributed by atoms with Crippen molar-refractivity contribution in [1.29, 1.82) is 0 Å². The normalized spacial score (nSPS) is 11.8. The third kappa shape index (κ3) is 3.65. The van der Waals surface area contributed by atoms with Gasteiger partial charge < -0.3 is 9.64 Å². The van der Waals surface area contributed by atoms with Gasteiger partial charge in [-0.2, -0.15) is 5.10 Å². The second-order valence-corrected chi connectivity index (χ2v) is 5.08. The van der Waals surface area contributed by atoms with Crippen molar-refractivity contribution in [3.63, 3.8) is 0 Å². The third-order valence-electron chi connectivity index (χ3n) is 3.69. The number of ether oxygens (including phenoxy) is 1. The van der Waals surface area contributed by atoms with E-state index in [1.807, 2.05) is 31.2 Å². The molecule has 2 rings (SSSR count). The molecule has 8 nitrogen and oxygen atoms in total. The Morgan fingerprint density at radius 1 is 1.48 bits per heavy atom. The van der Waals surface area contributed by atoms with Crippen LogP contribution in [-0.2, 0) is 11.3 Å². The van der Waals surface area contributed by atoms with Gasteiger partial charge in [0.05, 0.1) is 18.1 Å². The van der Waals surface area contributed by atoms with Crippen LogP contribution < -0.4 is 4.74 Å². The molecular formula is C15H18N4O4. The van der Waals surface area contributed by atoms with Crippen molar-refractivity contribution >= 4 is 11.6 Å². The second-order valence-electron chi connectivity index (χ2n) is 5.08. The third-order valence-corrected chi connectivity index (χ3v) is 3.69. The summed E-state index contributed by atoms with van der Waals surface area (Å²) in [5, 5.41) is 14.5. The van der Waals surface area contributed by atoms with E-state index >= 15 is 0 Å². The van der Waals surface area contributed by atoms with Gasteiger partial charge >= 0.3 is 5.69 Å². The fourth-order valence-electron chi connectivity index (χ4n) is 2.22. The molecule has 23 heavy (non-hydrogen) atoms. The number of benzene rings is 1. The topological polar surface area (TPSA) is 90.5 Å². The fourth-order valence-corrected chi connectivity index (χ4v) is 2.22. The molecule has 0 fully saturated rings. The fraction of sp³-hybridized carbons (Fsp3) is 0.333. The Balaban J connectivity index is 2.10. The van der Waals surface area contributed by atoms with Gasteiger partial charge in [-0.05, 0) is 13.0 Å². The first-order valence-electron chi connectivity index (χ1n) is 6.99. The maximum absolute atomic E-state index is 12.4. The van der Waals surface area contributed by atoms with Crippen molar-refractivity contribution < 1.29 is 14.5 Å². The van der Waals surface area contributed by atoms with Crippen molar-refractivity contribution in [2.75, 3.05) is 14.2 Å². The van der Waals surface area contributed by atoms with Gasteiger partial charge in [-0.1, -0.05) is 18.2 Å². The predicted octanol–water partition coefficient (Wildman–Crippen LogP) is 2.02. The molecule has 1 heterocycles. The van der Waals surface area contributed by atoms with Crippen LogP contribution in [0.15, 0.2) is 36.7 Å². The minimum absolute atomic E-state index is 0.0656. The maximum Gasteiger partial charge on any atom is 0.307 e. The van der Waals surface area contributed by atoms with E-state index in [-0.39, 0.29) is 24.2 Å². The van der Waals surface area contributed by atoms with E-state index in [9.17, 15) is 14.9 Å². The molecule has 0 aliphatic rings. The highest BCUT2D eigenvalue weighted by atomic mass is 16.6. The largest absolute Gasteiger partial charge is 0.496 e. The number of hydrogen-bond acceptors (Lipinski definition) is 5. The van der Waals surface area contributed by atoms with Crippen molar-refractivity contribution in [3.8, 4) is 5.75 Å². The van der Waals surface area contributed by atoms with Crippen molar-refractivity contribution in [3.05, 3.63) is 52.3 Å². The van der Waals surface area contributed by atoms with Gasteiger partial charge in [-0.15, -0.1) is 0 Å². The zero-order valence-electron chi connectivity index (χ0n) is 13.2. The molecule has 0 bridgehead atoms. The van der Waals surface area contributed by atoms with Crippen LogP contribution in [0.1, 0.15) is 18.5 Å². The van der Waals surface area contributed by atoms with Crippen molar-refractivity contribution in [2.45, 2.75) is 19.5 Å². The Hall–Kier alpha value is -2.90. The zero-order chi connectivity index (χ0) is 17.0. The average Bonchev–Trinajstić information content (AvgIpc) is 3.02. The number of para-hydroxylation sites is 1. The minimum Gasteiger partial charge on any atom is -0.496 e. The summed E-state index contributed by atoms with van der Waals surface area (Å²) in [5.74, 6) is 0.496. The molecule has 2 aromatic rings. The van der Waals surface area contributed by atoms with Crippen molar-refractivity contribution in [1.82, 2.24) is 14.7 Å². The highest BCUT2D eigenvalue weighted by Crippen LogP contribution is 2.28. The van der Waals surface area contributed by atoms with E-state index in [0.29, 0.717) is 5.75 Å². The Morgan fingerprint density at radius 2 is 2.17 bits per heavy atom. The van der Waals surface area contributed by atoms with E-state index < -0.39 is 4.92 Å². The molecule has 122 valence electrons. The minimum atomic E-state index is -0.546. The standard InChI is InChI=1S/C15H18N4O4/c1-11(13-6-4-5-7-14(13)23-3)17(2)15(20)10-18-9-12(8-16-18)19(21)22/h4-9,11H,10H2,1-3H3/t11-/m1/s1. The first-order valence-corrected chi connectivity index (χ1v) is 6.99. The van der Waals surface area contributed by atoms with Crippen LogP contribution in [0.5, 0.6) is 5.75 Å². The summed E-state index contributed by atoms with van der Waals surface area (Å²) in [6.45, 7) is 1.82. The number of carbonyl (C=O) groups excluding carboxylic acids is 1. The van der Waals surface area contributed by atoms with Gasteiger partial charge in [0.25, 0.3) is 0 Å². The Labute approximate surface area is 133 Å². The molecule has 0 saturated heterocycles. The van der Waals surface area contributed by atoms with E-state index in [1.165, 1.54) is 10.9 Å². The average molecular weight is 318 g/mol. The lowest BCUT2D eigenvalue weighted by Gasteiger charge is -2.26. The number of methoxy groups -OCH3 is 1. The van der Waals surface area contributed by atoms with Crippen LogP contribution in [0.3, 0.4) is 0 Å². The van der Waals surface area contributed by atoms with E-state index in [4.69, 9.17) is 4.74 Å². The zero-order valence-corrected chi connectivity index (χ0v) is 13.2. The number of amides is 1. The van der Waals surface area contributed by atoms with Crippen LogP contribution in [-0.4, -0.2) is 39.7 Å². The summed E-state index contributed by atoms with van der Waals surface area (Å²) < 4.78 is 6.57. The first-order chi connectivity index (χ1) is 10.9. The van der Waals surface area contributed by atoms with Crippen LogP contribution >= 0.6 is 0 Å². The number of rotatable bonds is 6. The highest BCUT2D eigenvalue weighted by Gasteiger charge is 2.21. The van der Waals surface area contributed by atoms with Crippen LogP contribution in [0.4, 0.5) is 5.69 Å². The maximum atomic E-state index is 12.4. The summed E-state index contributed by atoms with van der Waals surface area (Å²) in [7, 11) is 3.26.